The number of aromatic amines is 1. The molecule has 0 bridgehead atoms. The maximum absolute atomic E-state index is 15.7. The number of rotatable bonds is 11. The van der Waals surface area contributed by atoms with Crippen molar-refractivity contribution in [2.75, 3.05) is 37.0 Å². The van der Waals surface area contributed by atoms with Gasteiger partial charge in [0, 0.05) is 67.6 Å². The molecule has 7 rings (SSSR count). The van der Waals surface area contributed by atoms with Gasteiger partial charge in [-0.3, -0.25) is 14.4 Å². The number of alkyl carbamates (subject to hydrolysis) is 1. The number of halogens is 4. The Balaban J connectivity index is 1.02. The summed E-state index contributed by atoms with van der Waals surface area (Å²) in [7, 11) is 1.24. The number of pyridine rings is 1. The van der Waals surface area contributed by atoms with Gasteiger partial charge >= 0.3 is 12.5 Å². The fourth-order valence-corrected chi connectivity index (χ4v) is 8.49. The lowest BCUT2D eigenvalue weighted by molar-refractivity contribution is -0.274. The number of nitrogens with one attached hydrogen (secondary N) is 4. The minimum Gasteiger partial charge on any atom is -0.453 e. The van der Waals surface area contributed by atoms with Gasteiger partial charge in [0.15, 0.2) is 0 Å². The number of hydrogen-bond donors (Lipinski definition) is 4. The molecule has 3 aliphatic rings. The molecule has 2 aromatic heterocycles. The Hall–Kier alpha value is -6.92. The molecule has 344 valence electrons. The maximum Gasteiger partial charge on any atom is 0.573 e. The van der Waals surface area contributed by atoms with Gasteiger partial charge in [-0.2, -0.15) is 0 Å². The number of amides is 4. The van der Waals surface area contributed by atoms with Gasteiger partial charge in [-0.25, -0.2) is 19.2 Å². The lowest BCUT2D eigenvalue weighted by atomic mass is 9.95. The number of carbonyl (C=O) groups is 4. The first-order valence-corrected chi connectivity index (χ1v) is 21.2. The first-order valence-electron chi connectivity index (χ1n) is 21.2. The zero-order chi connectivity index (χ0) is 46.7. The molecule has 4 N–H and O–H groups in total. The van der Waals surface area contributed by atoms with Crippen LogP contribution >= 0.6 is 0 Å². The van der Waals surface area contributed by atoms with Crippen molar-refractivity contribution in [1.82, 2.24) is 35.4 Å². The van der Waals surface area contributed by atoms with Gasteiger partial charge in [-0.15, -0.1) is 13.2 Å². The molecule has 2 fully saturated rings. The zero-order valence-corrected chi connectivity index (χ0v) is 36.7. The van der Waals surface area contributed by atoms with Crippen LogP contribution in [0.3, 0.4) is 0 Å². The number of nitrogens with zero attached hydrogens (tertiary/aromatic N) is 5. The number of piperazine rings is 1. The van der Waals surface area contributed by atoms with Crippen molar-refractivity contribution in [3.63, 3.8) is 0 Å². The number of hydrogen-bond acceptors (Lipinski definition) is 10. The summed E-state index contributed by atoms with van der Waals surface area (Å²) in [5.74, 6) is -2.34. The molecule has 4 aromatic rings. The highest BCUT2D eigenvalue weighted by atomic mass is 19.4. The molecule has 0 radical (unpaired) electrons. The summed E-state index contributed by atoms with van der Waals surface area (Å²) in [4.78, 5) is 68.8. The molecular weight excluding hydrogens is 851 g/mol. The summed E-state index contributed by atoms with van der Waals surface area (Å²) in [5, 5.41) is 8.34. The van der Waals surface area contributed by atoms with E-state index in [1.807, 2.05) is 44.9 Å². The number of allylic oxidation sites excluding steroid dienone is 2. The van der Waals surface area contributed by atoms with Gasteiger partial charge in [0.25, 0.3) is 11.8 Å². The van der Waals surface area contributed by atoms with Gasteiger partial charge in [0.05, 0.1) is 30.7 Å². The van der Waals surface area contributed by atoms with Crippen molar-refractivity contribution in [2.45, 2.75) is 78.0 Å². The van der Waals surface area contributed by atoms with Crippen LogP contribution in [-0.2, 0) is 9.53 Å². The summed E-state index contributed by atoms with van der Waals surface area (Å²) in [6, 6.07) is 9.94. The van der Waals surface area contributed by atoms with Crippen LogP contribution < -0.4 is 25.6 Å². The lowest BCUT2D eigenvalue weighted by Crippen LogP contribution is -2.58. The van der Waals surface area contributed by atoms with Crippen molar-refractivity contribution in [2.24, 2.45) is 11.8 Å². The number of likely N-dealkylation sites (tertiary alicyclic amines) is 1. The van der Waals surface area contributed by atoms with Crippen LogP contribution in [0.4, 0.5) is 33.9 Å². The quantitative estimate of drug-likeness (QED) is 0.112. The van der Waals surface area contributed by atoms with Crippen LogP contribution in [0, 0.1) is 17.7 Å². The number of dihydropyridines is 1. The Morgan fingerprint density at radius 3 is 2.28 bits per heavy atom. The monoisotopic (exact) mass is 901 g/mol. The van der Waals surface area contributed by atoms with Crippen LogP contribution in [0.5, 0.6) is 5.75 Å². The predicted molar refractivity (Wildman–Crippen MR) is 234 cm³/mol. The van der Waals surface area contributed by atoms with Crippen LogP contribution in [-0.4, -0.2) is 106 Å². The number of imidazole rings is 1. The highest BCUT2D eigenvalue weighted by molar-refractivity contribution is 6.04. The lowest BCUT2D eigenvalue weighted by Gasteiger charge is -2.44. The third kappa shape index (κ3) is 10.4. The standard InChI is InChI=1S/C46H51F4N9O6/c1-25(2)41(56-45(63)64-6)44(62)59-21-26(3)15-38(59)35-13-11-31(18-52-35)29-7-9-30(10-8-29)33-16-34(47)36(17-39(33)65-46(48,49)50)55-42(60)32-12-14-40(53-19-32)57-22-28(5)58(23-27(57)4)43(61)37-20-51-24-54-37/h7-10,12-14,16-20,24-28,38,41,52H,11,15,21-23H2,1-6H3,(H,51,54)(H,55,60)(H,56,63)/t26-,27+,28-,38-,41-/m0/s1. The molecule has 2 saturated heterocycles. The van der Waals surface area contributed by atoms with Crippen molar-refractivity contribution < 1.29 is 46.2 Å². The topological polar surface area (TPSA) is 174 Å². The normalized spacial score (nSPS) is 20.4. The molecule has 15 nitrogen and oxygen atoms in total. The second kappa shape index (κ2) is 19.0. The molecule has 4 amide bonds. The SMILES string of the molecule is COC(=O)N[C@H](C(=O)N1C[C@@H](C)C[C@H]1C1=CCC(c2ccc(-c3cc(F)c(NC(=O)c4ccc(N5C[C@H](C)N(C(=O)c6c[nH]cn6)C[C@H]5C)nc4)cc3OC(F)(F)F)cc2)=CN1)C(C)C. The number of H-pyrrole nitrogens is 1. The van der Waals surface area contributed by atoms with Crippen molar-refractivity contribution in [3.05, 3.63) is 108 Å². The highest BCUT2D eigenvalue weighted by Gasteiger charge is 2.40. The summed E-state index contributed by atoms with van der Waals surface area (Å²) in [5.41, 5.74) is 2.30. The molecule has 3 aliphatic heterocycles. The number of aromatic nitrogens is 3. The smallest absolute Gasteiger partial charge is 0.453 e. The average molecular weight is 902 g/mol. The average Bonchev–Trinajstić information content (AvgIpc) is 3.97. The van der Waals surface area contributed by atoms with E-state index in [0.29, 0.717) is 44.0 Å². The van der Waals surface area contributed by atoms with E-state index in [9.17, 15) is 32.3 Å². The molecule has 5 atom stereocenters. The molecule has 5 heterocycles. The summed E-state index contributed by atoms with van der Waals surface area (Å²) < 4.78 is 66.0. The van der Waals surface area contributed by atoms with E-state index in [2.05, 4.69) is 42.6 Å². The van der Waals surface area contributed by atoms with Gasteiger partial charge in [0.2, 0.25) is 5.91 Å². The van der Waals surface area contributed by atoms with E-state index in [0.717, 1.165) is 29.0 Å². The molecule has 19 heteroatoms. The second-order valence-corrected chi connectivity index (χ2v) is 17.0. The van der Waals surface area contributed by atoms with E-state index in [1.54, 1.807) is 46.3 Å². The van der Waals surface area contributed by atoms with Crippen LogP contribution in [0.15, 0.2) is 85.2 Å². The van der Waals surface area contributed by atoms with Gasteiger partial charge in [0.1, 0.15) is 29.1 Å². The molecular formula is C46H51F4N9O6. The zero-order valence-electron chi connectivity index (χ0n) is 36.7. The first kappa shape index (κ1) is 46.1. The number of alkyl halides is 3. The first-order chi connectivity index (χ1) is 30.9. The summed E-state index contributed by atoms with van der Waals surface area (Å²) in [6.07, 6.45) is 3.46. The fourth-order valence-electron chi connectivity index (χ4n) is 8.49. The predicted octanol–water partition coefficient (Wildman–Crippen LogP) is 7.34. The Bertz CT molecular complexity index is 2460. The maximum atomic E-state index is 15.7. The third-order valence-corrected chi connectivity index (χ3v) is 11.9. The Morgan fingerprint density at radius 2 is 1.66 bits per heavy atom. The van der Waals surface area contributed by atoms with E-state index >= 15 is 4.39 Å². The number of anilines is 2. The molecule has 0 spiro atoms. The molecule has 65 heavy (non-hydrogen) atoms. The second-order valence-electron chi connectivity index (χ2n) is 17.0. The summed E-state index contributed by atoms with van der Waals surface area (Å²) >= 11 is 0. The Labute approximate surface area is 373 Å². The number of methoxy groups -OCH3 is 1. The molecule has 2 aromatic carbocycles. The highest BCUT2D eigenvalue weighted by Crippen LogP contribution is 2.39. The van der Waals surface area contributed by atoms with E-state index < -0.39 is 41.7 Å². The van der Waals surface area contributed by atoms with E-state index in [1.165, 1.54) is 25.7 Å². The van der Waals surface area contributed by atoms with Crippen molar-refractivity contribution in [3.8, 4) is 16.9 Å². The fraction of sp³-hybridized carbons (Fsp3) is 0.391. The third-order valence-electron chi connectivity index (χ3n) is 11.9. The Kier molecular flexibility index (Phi) is 13.5. The van der Waals surface area contributed by atoms with Gasteiger partial charge in [-0.05, 0) is 73.4 Å². The molecule has 0 saturated carbocycles. The van der Waals surface area contributed by atoms with E-state index in [4.69, 9.17) is 4.74 Å². The summed E-state index contributed by atoms with van der Waals surface area (Å²) in [6.45, 7) is 11.0. The van der Waals surface area contributed by atoms with Crippen molar-refractivity contribution in [1.29, 1.82) is 0 Å². The van der Waals surface area contributed by atoms with Crippen molar-refractivity contribution >= 4 is 40.9 Å². The molecule has 0 unspecified atom stereocenters. The molecule has 0 aliphatic carbocycles. The van der Waals surface area contributed by atoms with E-state index in [-0.39, 0.29) is 58.5 Å². The van der Waals surface area contributed by atoms with Crippen LogP contribution in [0.2, 0.25) is 0 Å². The van der Waals surface area contributed by atoms with Crippen LogP contribution in [0.25, 0.3) is 16.7 Å². The van der Waals surface area contributed by atoms with Crippen LogP contribution in [0.1, 0.15) is 73.9 Å². The van der Waals surface area contributed by atoms with Gasteiger partial charge < -0.3 is 45.1 Å². The number of carbonyl (C=O) groups excluding carboxylic acids is 4. The number of benzene rings is 2. The minimum absolute atomic E-state index is 0.0314. The Morgan fingerprint density at radius 1 is 0.923 bits per heavy atom. The number of ether oxygens (including phenoxy) is 2. The van der Waals surface area contributed by atoms with Gasteiger partial charge in [-0.1, -0.05) is 51.1 Å². The minimum atomic E-state index is -5.13. The largest absolute Gasteiger partial charge is 0.573 e.